The average molecular weight is 520 g/mol. The Morgan fingerprint density at radius 1 is 1.20 bits per heavy atom. The van der Waals surface area contributed by atoms with Crippen molar-refractivity contribution in [1.29, 1.82) is 0 Å². The molecule has 1 fully saturated rings. The molecular formula is C22H29F4N5O3S. The van der Waals surface area contributed by atoms with Gasteiger partial charge in [-0.3, -0.25) is 0 Å². The zero-order chi connectivity index (χ0) is 26.3. The molecule has 1 atom stereocenters. The summed E-state index contributed by atoms with van der Waals surface area (Å²) >= 11 is 0. The van der Waals surface area contributed by atoms with E-state index in [4.69, 9.17) is 0 Å². The molecule has 1 aromatic carbocycles. The van der Waals surface area contributed by atoms with E-state index in [0.29, 0.717) is 18.8 Å². The van der Waals surface area contributed by atoms with E-state index in [1.54, 1.807) is 4.90 Å². The lowest BCUT2D eigenvalue weighted by molar-refractivity contribution is -0.144. The monoisotopic (exact) mass is 519 g/mol. The summed E-state index contributed by atoms with van der Waals surface area (Å²) in [4.78, 5) is 11.0. The number of piperazine rings is 1. The van der Waals surface area contributed by atoms with Crippen molar-refractivity contribution in [3.8, 4) is 0 Å². The molecule has 35 heavy (non-hydrogen) atoms. The number of sulfonamides is 1. The predicted molar refractivity (Wildman–Crippen MR) is 123 cm³/mol. The molecule has 2 N–H and O–H groups in total. The molecule has 0 saturated carbocycles. The molecule has 3 rings (SSSR count). The SMILES string of the molecule is CNS(=O)(=O)c1cc(N2CCN(c3ncc(C(C)(C)O)c(C(F)(F)F)n3)C(C(C)C)C2)ccc1F. The Kier molecular flexibility index (Phi) is 7.36. The molecule has 1 aromatic heterocycles. The molecule has 13 heteroatoms. The minimum absolute atomic E-state index is 0.0364. The molecule has 0 amide bonds. The fourth-order valence-electron chi connectivity index (χ4n) is 4.04. The second kappa shape index (κ2) is 9.51. The molecule has 0 spiro atoms. The van der Waals surface area contributed by atoms with Crippen LogP contribution >= 0.6 is 0 Å². The van der Waals surface area contributed by atoms with E-state index in [-0.39, 0.29) is 24.5 Å². The third-order valence-corrected chi connectivity index (χ3v) is 7.42. The Hall–Kier alpha value is -2.51. The Morgan fingerprint density at radius 2 is 1.86 bits per heavy atom. The van der Waals surface area contributed by atoms with Crippen molar-refractivity contribution in [2.24, 2.45) is 5.92 Å². The van der Waals surface area contributed by atoms with Crippen molar-refractivity contribution in [2.45, 2.75) is 50.4 Å². The van der Waals surface area contributed by atoms with Gasteiger partial charge in [-0.15, -0.1) is 0 Å². The van der Waals surface area contributed by atoms with Gasteiger partial charge >= 0.3 is 6.18 Å². The first-order chi connectivity index (χ1) is 16.1. The van der Waals surface area contributed by atoms with Crippen LogP contribution in [0.15, 0.2) is 29.3 Å². The summed E-state index contributed by atoms with van der Waals surface area (Å²) in [7, 11) is -2.83. The van der Waals surface area contributed by atoms with E-state index in [1.165, 1.54) is 33.0 Å². The van der Waals surface area contributed by atoms with Gasteiger partial charge in [0.15, 0.2) is 5.69 Å². The highest BCUT2D eigenvalue weighted by Gasteiger charge is 2.41. The number of benzene rings is 1. The van der Waals surface area contributed by atoms with E-state index in [2.05, 4.69) is 14.7 Å². The van der Waals surface area contributed by atoms with Gasteiger partial charge in [0.1, 0.15) is 10.7 Å². The number of nitrogens with zero attached hydrogens (tertiary/aromatic N) is 4. The number of aliphatic hydroxyl groups is 1. The van der Waals surface area contributed by atoms with E-state index < -0.39 is 43.8 Å². The van der Waals surface area contributed by atoms with E-state index in [0.717, 1.165) is 12.3 Å². The molecule has 1 unspecified atom stereocenters. The number of alkyl halides is 3. The maximum atomic E-state index is 14.2. The third-order valence-electron chi connectivity index (χ3n) is 5.99. The Balaban J connectivity index is 1.97. The molecule has 0 radical (unpaired) electrons. The van der Waals surface area contributed by atoms with Crippen molar-refractivity contribution in [2.75, 3.05) is 36.5 Å². The Labute approximate surface area is 202 Å². The summed E-state index contributed by atoms with van der Waals surface area (Å²) in [6, 6.07) is 3.45. The summed E-state index contributed by atoms with van der Waals surface area (Å²) in [6.45, 7) is 7.15. The molecular weight excluding hydrogens is 490 g/mol. The fourth-order valence-corrected chi connectivity index (χ4v) is 4.86. The molecule has 1 aliphatic rings. The Bertz CT molecular complexity index is 1180. The highest BCUT2D eigenvalue weighted by molar-refractivity contribution is 7.89. The lowest BCUT2D eigenvalue weighted by Gasteiger charge is -2.44. The van der Waals surface area contributed by atoms with Gasteiger partial charge in [0.05, 0.1) is 11.6 Å². The summed E-state index contributed by atoms with van der Waals surface area (Å²) in [5.41, 5.74) is -2.92. The van der Waals surface area contributed by atoms with Crippen LogP contribution in [0.25, 0.3) is 0 Å². The van der Waals surface area contributed by atoms with Crippen LogP contribution in [0.3, 0.4) is 0 Å². The lowest BCUT2D eigenvalue weighted by atomic mass is 9.97. The maximum absolute atomic E-state index is 14.2. The number of rotatable bonds is 6. The minimum atomic E-state index is -4.79. The number of nitrogens with one attached hydrogen (secondary N) is 1. The minimum Gasteiger partial charge on any atom is -0.386 e. The number of hydrogen-bond acceptors (Lipinski definition) is 7. The quantitative estimate of drug-likeness (QED) is 0.566. The van der Waals surface area contributed by atoms with Crippen molar-refractivity contribution in [3.05, 3.63) is 41.5 Å². The molecule has 1 aliphatic heterocycles. The second-order valence-corrected chi connectivity index (χ2v) is 11.1. The molecule has 194 valence electrons. The van der Waals surface area contributed by atoms with Gasteiger partial charge in [-0.25, -0.2) is 27.5 Å². The van der Waals surface area contributed by atoms with Crippen molar-refractivity contribution >= 4 is 21.7 Å². The number of halogens is 4. The zero-order valence-corrected chi connectivity index (χ0v) is 20.9. The second-order valence-electron chi connectivity index (χ2n) is 9.26. The molecule has 8 nitrogen and oxygen atoms in total. The number of aromatic nitrogens is 2. The van der Waals surface area contributed by atoms with Gasteiger partial charge in [0, 0.05) is 37.1 Å². The average Bonchev–Trinajstić information content (AvgIpc) is 2.77. The van der Waals surface area contributed by atoms with Gasteiger partial charge in [-0.2, -0.15) is 13.2 Å². The van der Waals surface area contributed by atoms with E-state index in [1.807, 2.05) is 18.7 Å². The number of anilines is 2. The molecule has 2 heterocycles. The van der Waals surface area contributed by atoms with Crippen molar-refractivity contribution < 1.29 is 31.1 Å². The van der Waals surface area contributed by atoms with Crippen LogP contribution in [-0.2, 0) is 21.8 Å². The van der Waals surface area contributed by atoms with Crippen LogP contribution in [0, 0.1) is 11.7 Å². The van der Waals surface area contributed by atoms with Crippen LogP contribution in [0.1, 0.15) is 39.0 Å². The molecule has 2 aromatic rings. The van der Waals surface area contributed by atoms with Gasteiger partial charge in [0.2, 0.25) is 16.0 Å². The lowest BCUT2D eigenvalue weighted by Crippen LogP contribution is -2.56. The molecule has 0 aliphatic carbocycles. The highest BCUT2D eigenvalue weighted by atomic mass is 32.2. The summed E-state index contributed by atoms with van der Waals surface area (Å²) in [5.74, 6) is -1.03. The topological polar surface area (TPSA) is 98.7 Å². The van der Waals surface area contributed by atoms with Crippen molar-refractivity contribution in [1.82, 2.24) is 14.7 Å². The normalized spacial score (nSPS) is 17.9. The van der Waals surface area contributed by atoms with E-state index >= 15 is 0 Å². The van der Waals surface area contributed by atoms with Gasteiger partial charge in [0.25, 0.3) is 0 Å². The maximum Gasteiger partial charge on any atom is 0.433 e. The van der Waals surface area contributed by atoms with E-state index in [9.17, 15) is 31.1 Å². The van der Waals surface area contributed by atoms with Crippen LogP contribution in [-0.4, -0.2) is 56.2 Å². The van der Waals surface area contributed by atoms with Crippen LogP contribution < -0.4 is 14.5 Å². The fraction of sp³-hybridized carbons (Fsp3) is 0.545. The highest BCUT2D eigenvalue weighted by Crippen LogP contribution is 2.37. The van der Waals surface area contributed by atoms with Gasteiger partial charge in [-0.05, 0) is 45.0 Å². The smallest absolute Gasteiger partial charge is 0.386 e. The molecule has 1 saturated heterocycles. The number of hydrogen-bond donors (Lipinski definition) is 2. The third kappa shape index (κ3) is 5.67. The predicted octanol–water partition coefficient (Wildman–Crippen LogP) is 3.12. The largest absolute Gasteiger partial charge is 0.433 e. The van der Waals surface area contributed by atoms with Gasteiger partial charge < -0.3 is 14.9 Å². The first-order valence-corrected chi connectivity index (χ1v) is 12.5. The first kappa shape index (κ1) is 27.1. The van der Waals surface area contributed by atoms with Crippen LogP contribution in [0.2, 0.25) is 0 Å². The van der Waals surface area contributed by atoms with Crippen LogP contribution in [0.5, 0.6) is 0 Å². The molecule has 0 bridgehead atoms. The summed E-state index contributed by atoms with van der Waals surface area (Å²) in [5, 5.41) is 10.2. The first-order valence-electron chi connectivity index (χ1n) is 11.0. The summed E-state index contributed by atoms with van der Waals surface area (Å²) in [6.07, 6.45) is -3.78. The Morgan fingerprint density at radius 3 is 2.40 bits per heavy atom. The summed E-state index contributed by atoms with van der Waals surface area (Å²) < 4.78 is 81.9. The van der Waals surface area contributed by atoms with Crippen LogP contribution in [0.4, 0.5) is 29.2 Å². The standard InChI is InChI=1S/C22H29F4N5O3S/c1-13(2)17-12-30(14-6-7-16(23)18(10-14)35(33,34)27-5)8-9-31(17)20-28-11-15(21(3,4)32)19(29-20)22(24,25)26/h6-7,10-11,13,17,27,32H,8-9,12H2,1-5H3. The van der Waals surface area contributed by atoms with Crippen molar-refractivity contribution in [3.63, 3.8) is 0 Å². The van der Waals surface area contributed by atoms with Gasteiger partial charge in [-0.1, -0.05) is 13.8 Å². The zero-order valence-electron chi connectivity index (χ0n) is 20.1.